The van der Waals surface area contributed by atoms with Crippen LogP contribution in [0.3, 0.4) is 0 Å². The van der Waals surface area contributed by atoms with Crippen LogP contribution >= 0.6 is 11.6 Å². The van der Waals surface area contributed by atoms with Crippen molar-refractivity contribution in [3.05, 3.63) is 70.7 Å². The number of rotatable bonds is 4. The van der Waals surface area contributed by atoms with Crippen LogP contribution in [0.5, 0.6) is 0 Å². The molecule has 6 heteroatoms. The van der Waals surface area contributed by atoms with Crippen molar-refractivity contribution in [2.75, 3.05) is 0 Å². The van der Waals surface area contributed by atoms with Gasteiger partial charge in [0.2, 0.25) is 0 Å². The van der Waals surface area contributed by atoms with Crippen LogP contribution in [0, 0.1) is 0 Å². The summed E-state index contributed by atoms with van der Waals surface area (Å²) in [5, 5.41) is 0.507. The maximum absolute atomic E-state index is 12.6. The molecule has 0 bridgehead atoms. The van der Waals surface area contributed by atoms with Gasteiger partial charge < -0.3 is 0 Å². The number of halogens is 1. The summed E-state index contributed by atoms with van der Waals surface area (Å²) in [6.07, 6.45) is 0. The minimum atomic E-state index is -0.817. The SMILES string of the molecule is CC(c1ccccc1)N1C(=O)C(=O)N(Cc2cccc(Cl)c2)C1=O. The molecule has 1 heterocycles. The first kappa shape index (κ1) is 16.2. The Morgan fingerprint density at radius 2 is 1.67 bits per heavy atom. The van der Waals surface area contributed by atoms with E-state index >= 15 is 0 Å². The molecule has 0 saturated carbocycles. The minimum absolute atomic E-state index is 0.0158. The predicted octanol–water partition coefficient (Wildman–Crippen LogP) is 3.39. The van der Waals surface area contributed by atoms with Crippen LogP contribution in [-0.4, -0.2) is 27.6 Å². The van der Waals surface area contributed by atoms with Crippen LogP contribution in [0.2, 0.25) is 5.02 Å². The fourth-order valence-corrected chi connectivity index (χ4v) is 2.91. The van der Waals surface area contributed by atoms with E-state index in [-0.39, 0.29) is 6.54 Å². The molecule has 3 rings (SSSR count). The highest BCUT2D eigenvalue weighted by atomic mass is 35.5. The lowest BCUT2D eigenvalue weighted by Crippen LogP contribution is -2.35. The number of benzene rings is 2. The number of carbonyl (C=O) groups excluding carboxylic acids is 3. The topological polar surface area (TPSA) is 57.7 Å². The molecule has 1 fully saturated rings. The quantitative estimate of drug-likeness (QED) is 0.632. The molecule has 1 aliphatic rings. The summed E-state index contributed by atoms with van der Waals surface area (Å²) in [4.78, 5) is 39.1. The third-order valence-corrected chi connectivity index (χ3v) is 4.22. The van der Waals surface area contributed by atoms with Crippen LogP contribution in [0.15, 0.2) is 54.6 Å². The third-order valence-electron chi connectivity index (χ3n) is 3.98. The Balaban J connectivity index is 1.85. The van der Waals surface area contributed by atoms with Gasteiger partial charge in [0.15, 0.2) is 0 Å². The first-order valence-corrected chi connectivity index (χ1v) is 7.85. The molecule has 0 radical (unpaired) electrons. The van der Waals surface area contributed by atoms with Crippen molar-refractivity contribution in [1.29, 1.82) is 0 Å². The first-order valence-electron chi connectivity index (χ1n) is 7.47. The maximum Gasteiger partial charge on any atom is 0.335 e. The zero-order valence-corrected chi connectivity index (χ0v) is 13.7. The van der Waals surface area contributed by atoms with Gasteiger partial charge in [-0.2, -0.15) is 0 Å². The molecule has 1 unspecified atom stereocenters. The van der Waals surface area contributed by atoms with Gasteiger partial charge in [0.05, 0.1) is 12.6 Å². The lowest BCUT2D eigenvalue weighted by Gasteiger charge is -2.22. The number of nitrogens with zero attached hydrogens (tertiary/aromatic N) is 2. The van der Waals surface area contributed by atoms with Crippen molar-refractivity contribution in [2.24, 2.45) is 0 Å². The molecular weight excluding hydrogens is 328 g/mol. The highest BCUT2D eigenvalue weighted by Crippen LogP contribution is 2.27. The van der Waals surface area contributed by atoms with Crippen LogP contribution in [0.1, 0.15) is 24.1 Å². The second-order valence-electron chi connectivity index (χ2n) is 5.57. The highest BCUT2D eigenvalue weighted by Gasteiger charge is 2.46. The molecule has 1 atom stereocenters. The van der Waals surface area contributed by atoms with E-state index in [0.717, 1.165) is 15.4 Å². The zero-order chi connectivity index (χ0) is 17.3. The minimum Gasteiger partial charge on any atom is -0.263 e. The van der Waals surface area contributed by atoms with E-state index in [2.05, 4.69) is 0 Å². The molecule has 122 valence electrons. The van der Waals surface area contributed by atoms with Gasteiger partial charge in [-0.1, -0.05) is 54.1 Å². The molecule has 5 nitrogen and oxygen atoms in total. The first-order chi connectivity index (χ1) is 11.5. The van der Waals surface area contributed by atoms with Crippen LogP contribution < -0.4 is 0 Å². The summed E-state index contributed by atoms with van der Waals surface area (Å²) in [6.45, 7) is 1.74. The lowest BCUT2D eigenvalue weighted by atomic mass is 10.1. The number of carbonyl (C=O) groups is 3. The van der Waals surface area contributed by atoms with Gasteiger partial charge in [-0.15, -0.1) is 0 Å². The van der Waals surface area contributed by atoms with Gasteiger partial charge in [-0.25, -0.2) is 9.69 Å². The van der Waals surface area contributed by atoms with Gasteiger partial charge in [-0.05, 0) is 30.2 Å². The van der Waals surface area contributed by atoms with E-state index in [0.29, 0.717) is 10.6 Å². The van der Waals surface area contributed by atoms with Gasteiger partial charge in [0.1, 0.15) is 0 Å². The number of hydrogen-bond donors (Lipinski definition) is 0. The summed E-state index contributed by atoms with van der Waals surface area (Å²) in [7, 11) is 0. The molecule has 1 aliphatic heterocycles. The molecule has 24 heavy (non-hydrogen) atoms. The standard InChI is InChI=1S/C18H15ClN2O3/c1-12(14-7-3-2-4-8-14)21-17(23)16(22)20(18(21)24)11-13-6-5-9-15(19)10-13/h2-10,12H,11H2,1H3. The molecule has 0 aliphatic carbocycles. The summed E-state index contributed by atoms with van der Waals surface area (Å²) in [5.74, 6) is -1.62. The fourth-order valence-electron chi connectivity index (χ4n) is 2.70. The normalized spacial score (nSPS) is 16.0. The van der Waals surface area contributed by atoms with Crippen molar-refractivity contribution in [1.82, 2.24) is 9.80 Å². The summed E-state index contributed by atoms with van der Waals surface area (Å²) < 4.78 is 0. The number of hydrogen-bond acceptors (Lipinski definition) is 3. The Kier molecular flexibility index (Phi) is 4.36. The van der Waals surface area contributed by atoms with Crippen molar-refractivity contribution < 1.29 is 14.4 Å². The molecule has 2 aromatic carbocycles. The second-order valence-corrected chi connectivity index (χ2v) is 6.00. The molecule has 0 spiro atoms. The van der Waals surface area contributed by atoms with Gasteiger partial charge >= 0.3 is 17.8 Å². The Bertz CT molecular complexity index is 807. The smallest absolute Gasteiger partial charge is 0.263 e. The molecule has 0 aromatic heterocycles. The summed E-state index contributed by atoms with van der Waals surface area (Å²) in [6, 6.07) is 14.8. The Morgan fingerprint density at radius 1 is 0.958 bits per heavy atom. The monoisotopic (exact) mass is 342 g/mol. The maximum atomic E-state index is 12.6. The fraction of sp³-hybridized carbons (Fsp3) is 0.167. The molecule has 2 aromatic rings. The molecule has 1 saturated heterocycles. The molecule has 0 N–H and O–H groups in total. The molecule has 4 amide bonds. The van der Waals surface area contributed by atoms with E-state index in [4.69, 9.17) is 11.6 Å². The van der Waals surface area contributed by atoms with Gasteiger partial charge in [0.25, 0.3) is 0 Å². The number of amides is 4. The molecular formula is C18H15ClN2O3. The average Bonchev–Trinajstić information content (AvgIpc) is 2.79. The Morgan fingerprint density at radius 3 is 2.33 bits per heavy atom. The van der Waals surface area contributed by atoms with Crippen molar-refractivity contribution >= 4 is 29.4 Å². The summed E-state index contributed by atoms with van der Waals surface area (Å²) in [5.41, 5.74) is 1.47. The lowest BCUT2D eigenvalue weighted by molar-refractivity contribution is -0.144. The van der Waals surface area contributed by atoms with Crippen LogP contribution in [0.4, 0.5) is 4.79 Å². The van der Waals surface area contributed by atoms with Crippen molar-refractivity contribution in [3.63, 3.8) is 0 Å². The number of imide groups is 2. The highest BCUT2D eigenvalue weighted by molar-refractivity contribution is 6.44. The van der Waals surface area contributed by atoms with Crippen LogP contribution in [0.25, 0.3) is 0 Å². The third kappa shape index (κ3) is 2.90. The van der Waals surface area contributed by atoms with Crippen LogP contribution in [-0.2, 0) is 16.1 Å². The van der Waals surface area contributed by atoms with Gasteiger partial charge in [0, 0.05) is 5.02 Å². The van der Waals surface area contributed by atoms with E-state index in [1.165, 1.54) is 0 Å². The van der Waals surface area contributed by atoms with E-state index in [1.54, 1.807) is 31.2 Å². The summed E-state index contributed by atoms with van der Waals surface area (Å²) >= 11 is 5.93. The van der Waals surface area contributed by atoms with Crippen molar-refractivity contribution in [3.8, 4) is 0 Å². The van der Waals surface area contributed by atoms with Gasteiger partial charge in [-0.3, -0.25) is 14.5 Å². The zero-order valence-electron chi connectivity index (χ0n) is 13.0. The van der Waals surface area contributed by atoms with E-state index < -0.39 is 23.9 Å². The van der Waals surface area contributed by atoms with E-state index in [1.807, 2.05) is 30.3 Å². The Labute approximate surface area is 144 Å². The predicted molar refractivity (Wildman–Crippen MR) is 89.1 cm³/mol. The average molecular weight is 343 g/mol. The second kappa shape index (κ2) is 6.45. The van der Waals surface area contributed by atoms with Crippen molar-refractivity contribution in [2.45, 2.75) is 19.5 Å². The number of urea groups is 1. The van der Waals surface area contributed by atoms with E-state index in [9.17, 15) is 14.4 Å². The largest absolute Gasteiger partial charge is 0.335 e. The Hall–Kier alpha value is -2.66.